The normalized spacial score (nSPS) is 22.7. The van der Waals surface area contributed by atoms with Crippen LogP contribution >= 0.6 is 0 Å². The Bertz CT molecular complexity index is 156. The van der Waals surface area contributed by atoms with E-state index in [1.54, 1.807) is 0 Å². The number of nitrogens with zero attached hydrogens (tertiary/aromatic N) is 1. The van der Waals surface area contributed by atoms with Gasteiger partial charge >= 0.3 is 0 Å². The summed E-state index contributed by atoms with van der Waals surface area (Å²) in [4.78, 5) is 13.5. The minimum absolute atomic E-state index is 0.421. The van der Waals surface area contributed by atoms with Gasteiger partial charge in [0, 0.05) is 12.5 Å². The van der Waals surface area contributed by atoms with Gasteiger partial charge in [0.2, 0.25) is 0 Å². The van der Waals surface area contributed by atoms with E-state index in [9.17, 15) is 4.79 Å². The van der Waals surface area contributed by atoms with Crippen molar-refractivity contribution in [1.82, 2.24) is 4.90 Å². The van der Waals surface area contributed by atoms with Crippen molar-refractivity contribution < 1.29 is 4.79 Å². The van der Waals surface area contributed by atoms with E-state index in [1.807, 2.05) is 0 Å². The highest BCUT2D eigenvalue weighted by Gasteiger charge is 2.20. The van der Waals surface area contributed by atoms with Crippen molar-refractivity contribution in [1.29, 1.82) is 0 Å². The van der Waals surface area contributed by atoms with Gasteiger partial charge in [-0.3, -0.25) is 9.69 Å². The fourth-order valence-corrected chi connectivity index (χ4v) is 1.84. The van der Waals surface area contributed by atoms with Crippen LogP contribution in [0.1, 0.15) is 39.5 Å². The van der Waals surface area contributed by atoms with E-state index < -0.39 is 0 Å². The first-order valence-electron chi connectivity index (χ1n) is 4.99. The Balaban J connectivity index is 2.34. The van der Waals surface area contributed by atoms with E-state index in [0.717, 1.165) is 19.4 Å². The Morgan fingerprint density at radius 3 is 2.92 bits per heavy atom. The first-order valence-corrected chi connectivity index (χ1v) is 4.99. The van der Waals surface area contributed by atoms with Crippen LogP contribution in [0.15, 0.2) is 0 Å². The highest BCUT2D eigenvalue weighted by atomic mass is 16.1. The molecule has 12 heavy (non-hydrogen) atoms. The first kappa shape index (κ1) is 9.72. The van der Waals surface area contributed by atoms with Gasteiger partial charge in [-0.2, -0.15) is 0 Å². The molecule has 0 aromatic heterocycles. The lowest BCUT2D eigenvalue weighted by Crippen LogP contribution is -2.41. The van der Waals surface area contributed by atoms with Crippen molar-refractivity contribution in [3.05, 3.63) is 0 Å². The molecule has 1 aliphatic heterocycles. The molecule has 1 rings (SSSR count). The summed E-state index contributed by atoms with van der Waals surface area (Å²) in [6, 6.07) is 0.597. The Kier molecular flexibility index (Phi) is 3.73. The molecular formula is C10H19NO. The molecule has 1 heterocycles. The van der Waals surface area contributed by atoms with Crippen LogP contribution in [0.2, 0.25) is 0 Å². The maximum atomic E-state index is 11.1. The summed E-state index contributed by atoms with van der Waals surface area (Å²) < 4.78 is 0. The fourth-order valence-electron chi connectivity index (χ4n) is 1.84. The molecule has 0 radical (unpaired) electrons. The Labute approximate surface area is 74.9 Å². The van der Waals surface area contributed by atoms with Gasteiger partial charge in [0.25, 0.3) is 0 Å². The number of carbonyl (C=O) groups is 1. The lowest BCUT2D eigenvalue weighted by Gasteiger charge is -2.31. The lowest BCUT2D eigenvalue weighted by molar-refractivity contribution is -0.122. The van der Waals surface area contributed by atoms with Gasteiger partial charge < -0.3 is 0 Å². The second-order valence-electron chi connectivity index (χ2n) is 3.75. The zero-order chi connectivity index (χ0) is 8.97. The molecule has 0 spiro atoms. The Morgan fingerprint density at radius 2 is 2.33 bits per heavy atom. The van der Waals surface area contributed by atoms with Crippen LogP contribution in [0, 0.1) is 0 Å². The second kappa shape index (κ2) is 4.61. The molecule has 0 saturated carbocycles. The van der Waals surface area contributed by atoms with E-state index >= 15 is 0 Å². The quantitative estimate of drug-likeness (QED) is 0.642. The summed E-state index contributed by atoms with van der Waals surface area (Å²) in [5.41, 5.74) is 0. The molecule has 2 heteroatoms. The number of ketones is 1. The van der Waals surface area contributed by atoms with Crippen molar-refractivity contribution in [3.8, 4) is 0 Å². The van der Waals surface area contributed by atoms with Crippen LogP contribution < -0.4 is 0 Å². The van der Waals surface area contributed by atoms with Gasteiger partial charge in [0.05, 0.1) is 6.54 Å². The molecule has 0 aromatic rings. The van der Waals surface area contributed by atoms with Gasteiger partial charge in [-0.05, 0) is 26.3 Å². The minimum Gasteiger partial charge on any atom is -0.298 e. The predicted molar refractivity (Wildman–Crippen MR) is 50.2 cm³/mol. The number of likely N-dealkylation sites (tertiary alicyclic amines) is 1. The highest BCUT2D eigenvalue weighted by Crippen LogP contribution is 2.12. The van der Waals surface area contributed by atoms with E-state index in [2.05, 4.69) is 18.7 Å². The van der Waals surface area contributed by atoms with Gasteiger partial charge in [-0.15, -0.1) is 0 Å². The minimum atomic E-state index is 0.421. The summed E-state index contributed by atoms with van der Waals surface area (Å²) >= 11 is 0. The number of hydrogen-bond donors (Lipinski definition) is 0. The van der Waals surface area contributed by atoms with Crippen molar-refractivity contribution >= 4 is 5.78 Å². The summed E-state index contributed by atoms with van der Waals surface area (Å²) in [6.45, 7) is 6.23. The fraction of sp³-hybridized carbons (Fsp3) is 0.900. The van der Waals surface area contributed by atoms with E-state index in [0.29, 0.717) is 18.4 Å². The van der Waals surface area contributed by atoms with Crippen molar-refractivity contribution in [3.63, 3.8) is 0 Å². The largest absolute Gasteiger partial charge is 0.298 e. The van der Waals surface area contributed by atoms with Crippen LogP contribution in [0.25, 0.3) is 0 Å². The van der Waals surface area contributed by atoms with Gasteiger partial charge in [0.15, 0.2) is 0 Å². The molecule has 70 valence electrons. The van der Waals surface area contributed by atoms with Crippen LogP contribution in [0.5, 0.6) is 0 Å². The maximum absolute atomic E-state index is 11.1. The molecule has 0 N–H and O–H groups in total. The van der Waals surface area contributed by atoms with Crippen molar-refractivity contribution in [2.75, 3.05) is 13.1 Å². The molecule has 0 bridgehead atoms. The monoisotopic (exact) mass is 169 g/mol. The summed E-state index contributed by atoms with van der Waals surface area (Å²) in [5, 5.41) is 0. The third-order valence-electron chi connectivity index (χ3n) is 2.61. The first-order chi connectivity index (χ1) is 5.74. The topological polar surface area (TPSA) is 20.3 Å². The predicted octanol–water partition coefficient (Wildman–Crippen LogP) is 1.84. The molecule has 2 nitrogen and oxygen atoms in total. The van der Waals surface area contributed by atoms with Gasteiger partial charge in [0.1, 0.15) is 5.78 Å². The zero-order valence-electron chi connectivity index (χ0n) is 8.18. The molecule has 1 unspecified atom stereocenters. The second-order valence-corrected chi connectivity index (χ2v) is 3.75. The van der Waals surface area contributed by atoms with E-state index in [1.165, 1.54) is 12.8 Å². The van der Waals surface area contributed by atoms with E-state index in [-0.39, 0.29) is 0 Å². The molecule has 1 saturated heterocycles. The molecule has 1 atom stereocenters. The third kappa shape index (κ3) is 2.59. The molecule has 0 aliphatic carbocycles. The van der Waals surface area contributed by atoms with E-state index in [4.69, 9.17) is 0 Å². The number of piperidine rings is 1. The number of carbonyl (C=O) groups excluding carboxylic acids is 1. The Hall–Kier alpha value is -0.370. The average Bonchev–Trinajstić information content (AvgIpc) is 2.05. The number of rotatable bonds is 3. The SMILES string of the molecule is CCCC(C)N1CCCC(=O)C1. The molecule has 0 aromatic carbocycles. The average molecular weight is 169 g/mol. The Morgan fingerprint density at radius 1 is 1.58 bits per heavy atom. The molecule has 0 amide bonds. The third-order valence-corrected chi connectivity index (χ3v) is 2.61. The smallest absolute Gasteiger partial charge is 0.146 e. The number of hydrogen-bond acceptors (Lipinski definition) is 2. The molecular weight excluding hydrogens is 150 g/mol. The summed E-state index contributed by atoms with van der Waals surface area (Å²) in [6.07, 6.45) is 4.29. The van der Waals surface area contributed by atoms with Gasteiger partial charge in [-0.25, -0.2) is 0 Å². The van der Waals surface area contributed by atoms with Crippen molar-refractivity contribution in [2.45, 2.75) is 45.6 Å². The van der Waals surface area contributed by atoms with Crippen molar-refractivity contribution in [2.24, 2.45) is 0 Å². The molecule has 1 fully saturated rings. The zero-order valence-corrected chi connectivity index (χ0v) is 8.18. The standard InChI is InChI=1S/C10H19NO/c1-3-5-9(2)11-7-4-6-10(12)8-11/h9H,3-8H2,1-2H3. The molecule has 1 aliphatic rings. The van der Waals surface area contributed by atoms with Crippen LogP contribution in [0.4, 0.5) is 0 Å². The summed E-state index contributed by atoms with van der Waals surface area (Å²) in [7, 11) is 0. The van der Waals surface area contributed by atoms with Crippen LogP contribution in [-0.4, -0.2) is 29.8 Å². The summed E-state index contributed by atoms with van der Waals surface area (Å²) in [5.74, 6) is 0.421. The lowest BCUT2D eigenvalue weighted by atomic mass is 10.1. The van der Waals surface area contributed by atoms with Crippen LogP contribution in [0.3, 0.4) is 0 Å². The highest BCUT2D eigenvalue weighted by molar-refractivity contribution is 5.81. The van der Waals surface area contributed by atoms with Gasteiger partial charge in [-0.1, -0.05) is 13.3 Å². The number of Topliss-reactive ketones (excluding diaryl/α,β-unsaturated/α-hetero) is 1. The maximum Gasteiger partial charge on any atom is 0.146 e. The van der Waals surface area contributed by atoms with Crippen LogP contribution in [-0.2, 0) is 4.79 Å².